The summed E-state index contributed by atoms with van der Waals surface area (Å²) in [7, 11) is 0. The van der Waals surface area contributed by atoms with E-state index in [4.69, 9.17) is 4.74 Å². The molecule has 2 atom stereocenters. The molecule has 2 aliphatic rings. The third-order valence-corrected chi connectivity index (χ3v) is 7.04. The first-order chi connectivity index (χ1) is 17.4. The van der Waals surface area contributed by atoms with Crippen molar-refractivity contribution in [3.8, 4) is 0 Å². The average Bonchev–Trinajstić information content (AvgIpc) is 2.90. The first-order valence-electron chi connectivity index (χ1n) is 12.8. The molecule has 0 aromatic heterocycles. The van der Waals surface area contributed by atoms with Gasteiger partial charge in [-0.1, -0.05) is 30.3 Å². The summed E-state index contributed by atoms with van der Waals surface area (Å²) in [6, 6.07) is 7.97. The van der Waals surface area contributed by atoms with Crippen LogP contribution in [0.2, 0.25) is 0 Å². The number of carboxylic acids is 1. The maximum Gasteiger partial charge on any atom is 0.328 e. The lowest BCUT2D eigenvalue weighted by Gasteiger charge is -2.35. The molecule has 36 heavy (non-hydrogen) atoms. The van der Waals surface area contributed by atoms with Gasteiger partial charge in [-0.25, -0.2) is 4.79 Å². The Morgan fingerprint density at radius 2 is 1.83 bits per heavy atom. The molecule has 2 aliphatic heterocycles. The minimum absolute atomic E-state index is 0.101. The molecule has 1 aromatic rings. The molecule has 198 valence electrons. The molecule has 10 heteroatoms. The van der Waals surface area contributed by atoms with Crippen LogP contribution in [0, 0.1) is 11.3 Å². The van der Waals surface area contributed by atoms with E-state index in [0.717, 1.165) is 44.5 Å². The molecule has 0 spiro atoms. The van der Waals surface area contributed by atoms with Gasteiger partial charge in [0.1, 0.15) is 23.8 Å². The zero-order chi connectivity index (χ0) is 25.8. The second-order valence-corrected chi connectivity index (χ2v) is 9.66. The van der Waals surface area contributed by atoms with Crippen molar-refractivity contribution < 1.29 is 29.0 Å². The summed E-state index contributed by atoms with van der Waals surface area (Å²) in [5.41, 5.74) is -0.319. The molecule has 5 N–H and O–H groups in total. The van der Waals surface area contributed by atoms with Crippen LogP contribution < -0.4 is 21.3 Å². The highest BCUT2D eigenvalue weighted by molar-refractivity contribution is 6.06. The molecule has 3 rings (SSSR count). The first kappa shape index (κ1) is 27.8. The molecule has 0 saturated carbocycles. The van der Waals surface area contributed by atoms with Gasteiger partial charge in [-0.05, 0) is 63.2 Å². The van der Waals surface area contributed by atoms with Crippen molar-refractivity contribution in [1.29, 1.82) is 0 Å². The number of hydrogen-bond donors (Lipinski definition) is 5. The minimum atomic E-state index is -1.33. The van der Waals surface area contributed by atoms with E-state index >= 15 is 0 Å². The first-order valence-corrected chi connectivity index (χ1v) is 12.8. The third kappa shape index (κ3) is 8.11. The summed E-state index contributed by atoms with van der Waals surface area (Å²) in [5.74, 6) is -1.98. The summed E-state index contributed by atoms with van der Waals surface area (Å²) in [5, 5.41) is 21.1. The summed E-state index contributed by atoms with van der Waals surface area (Å²) >= 11 is 0. The predicted octanol–water partition coefficient (Wildman–Crippen LogP) is 0.608. The number of rotatable bonds is 13. The Morgan fingerprint density at radius 3 is 2.50 bits per heavy atom. The molecule has 1 aromatic carbocycles. The minimum Gasteiger partial charge on any atom is -0.480 e. The highest BCUT2D eigenvalue weighted by atomic mass is 16.5. The molecule has 2 fully saturated rings. The molecule has 2 amide bonds. The fourth-order valence-corrected chi connectivity index (χ4v) is 4.84. The third-order valence-electron chi connectivity index (χ3n) is 7.04. The number of hydrogen-bond acceptors (Lipinski definition) is 7. The van der Waals surface area contributed by atoms with Crippen LogP contribution in [0.4, 0.5) is 0 Å². The van der Waals surface area contributed by atoms with Crippen molar-refractivity contribution in [2.75, 3.05) is 39.3 Å². The highest BCUT2D eigenvalue weighted by Gasteiger charge is 2.46. The largest absolute Gasteiger partial charge is 0.480 e. The fraction of sp³-hybridized carbons (Fsp3) is 0.615. The lowest BCUT2D eigenvalue weighted by atomic mass is 9.73. The summed E-state index contributed by atoms with van der Waals surface area (Å²) < 4.78 is 5.36. The summed E-state index contributed by atoms with van der Waals surface area (Å²) in [6.45, 7) is 2.46. The molecule has 2 unspecified atom stereocenters. The van der Waals surface area contributed by atoms with Gasteiger partial charge in [0.15, 0.2) is 0 Å². The topological polar surface area (TPSA) is 146 Å². The Hall–Kier alpha value is -2.82. The Bertz CT molecular complexity index is 882. The zero-order valence-electron chi connectivity index (χ0n) is 20.7. The van der Waals surface area contributed by atoms with Crippen LogP contribution in [-0.4, -0.2) is 74.0 Å². The van der Waals surface area contributed by atoms with E-state index in [-0.39, 0.29) is 32.1 Å². The van der Waals surface area contributed by atoms with Crippen LogP contribution >= 0.6 is 0 Å². The number of benzene rings is 1. The Balaban J connectivity index is 1.51. The standard InChI is InChI=1S/C26H38N4O6/c31-22(8-7-19-9-13-27-14-10-19)26(11-4-12-28-18-26)25(35)29-15-21(24(33)34)30-23(32)17-36-16-20-5-2-1-3-6-20/h1-3,5-6,19,21,27-28H,4,7-18H2,(H,29,35)(H,30,32)(H,33,34). The molecule has 0 aliphatic carbocycles. The molecule has 2 heterocycles. The molecule has 0 bridgehead atoms. The number of nitrogens with one attached hydrogen (secondary N) is 4. The monoisotopic (exact) mass is 502 g/mol. The van der Waals surface area contributed by atoms with Gasteiger partial charge in [0, 0.05) is 19.5 Å². The molecule has 0 radical (unpaired) electrons. The van der Waals surface area contributed by atoms with Crippen LogP contribution in [0.5, 0.6) is 0 Å². The van der Waals surface area contributed by atoms with Gasteiger partial charge >= 0.3 is 5.97 Å². The number of carboxylic acid groups (broad SMARTS) is 1. The van der Waals surface area contributed by atoms with Gasteiger partial charge in [-0.15, -0.1) is 0 Å². The Morgan fingerprint density at radius 1 is 1.08 bits per heavy atom. The molecular weight excluding hydrogens is 464 g/mol. The van der Waals surface area contributed by atoms with E-state index in [1.165, 1.54) is 0 Å². The molecule has 10 nitrogen and oxygen atoms in total. The van der Waals surface area contributed by atoms with E-state index in [1.54, 1.807) is 0 Å². The zero-order valence-corrected chi connectivity index (χ0v) is 20.7. The fourth-order valence-electron chi connectivity index (χ4n) is 4.84. The van der Waals surface area contributed by atoms with E-state index in [0.29, 0.717) is 25.2 Å². The second kappa shape index (κ2) is 14.1. The molecule has 2 saturated heterocycles. The van der Waals surface area contributed by atoms with Crippen molar-refractivity contribution in [1.82, 2.24) is 21.3 Å². The maximum absolute atomic E-state index is 13.3. The smallest absolute Gasteiger partial charge is 0.328 e. The number of aliphatic carboxylic acids is 1. The van der Waals surface area contributed by atoms with Gasteiger partial charge in [-0.3, -0.25) is 14.4 Å². The van der Waals surface area contributed by atoms with Crippen LogP contribution in [0.3, 0.4) is 0 Å². The summed E-state index contributed by atoms with van der Waals surface area (Å²) in [6.07, 6.45) is 4.25. The maximum atomic E-state index is 13.3. The van der Waals surface area contributed by atoms with Crippen molar-refractivity contribution in [2.24, 2.45) is 11.3 Å². The highest BCUT2D eigenvalue weighted by Crippen LogP contribution is 2.31. The van der Waals surface area contributed by atoms with E-state index < -0.39 is 29.2 Å². The number of carbonyl (C=O) groups excluding carboxylic acids is 3. The van der Waals surface area contributed by atoms with Crippen LogP contribution in [0.15, 0.2) is 30.3 Å². The number of Topliss-reactive ketones (excluding diaryl/α,β-unsaturated/α-hetero) is 1. The molecular formula is C26H38N4O6. The van der Waals surface area contributed by atoms with E-state index in [9.17, 15) is 24.3 Å². The van der Waals surface area contributed by atoms with E-state index in [1.807, 2.05) is 30.3 Å². The van der Waals surface area contributed by atoms with Gasteiger partial charge in [-0.2, -0.15) is 0 Å². The second-order valence-electron chi connectivity index (χ2n) is 9.66. The Labute approximate surface area is 211 Å². The van der Waals surface area contributed by atoms with Gasteiger partial charge in [0.2, 0.25) is 11.8 Å². The average molecular weight is 503 g/mol. The number of carbonyl (C=O) groups is 4. The summed E-state index contributed by atoms with van der Waals surface area (Å²) in [4.78, 5) is 50.5. The lowest BCUT2D eigenvalue weighted by molar-refractivity contribution is -0.145. The SMILES string of the molecule is O=C(COCc1ccccc1)NC(CNC(=O)C1(C(=O)CCC2CCNCC2)CCCNC1)C(=O)O. The van der Waals surface area contributed by atoms with Crippen molar-refractivity contribution in [3.05, 3.63) is 35.9 Å². The Kier molecular flexibility index (Phi) is 10.8. The van der Waals surface area contributed by atoms with Crippen molar-refractivity contribution >= 4 is 23.6 Å². The number of amides is 2. The number of ketones is 1. The van der Waals surface area contributed by atoms with Gasteiger partial charge in [0.25, 0.3) is 0 Å². The van der Waals surface area contributed by atoms with Crippen LogP contribution in [0.1, 0.15) is 44.1 Å². The lowest BCUT2D eigenvalue weighted by Crippen LogP contribution is -2.58. The number of piperidine rings is 2. The van der Waals surface area contributed by atoms with Crippen LogP contribution in [-0.2, 0) is 30.5 Å². The normalized spacial score (nSPS) is 21.3. The van der Waals surface area contributed by atoms with E-state index in [2.05, 4.69) is 21.3 Å². The predicted molar refractivity (Wildman–Crippen MR) is 133 cm³/mol. The van der Waals surface area contributed by atoms with Gasteiger partial charge < -0.3 is 31.1 Å². The van der Waals surface area contributed by atoms with Crippen molar-refractivity contribution in [2.45, 2.75) is 51.2 Å². The van der Waals surface area contributed by atoms with Crippen LogP contribution in [0.25, 0.3) is 0 Å². The van der Waals surface area contributed by atoms with Gasteiger partial charge in [0.05, 0.1) is 6.61 Å². The van der Waals surface area contributed by atoms with Crippen molar-refractivity contribution in [3.63, 3.8) is 0 Å². The number of ether oxygens (including phenoxy) is 1. The quantitative estimate of drug-likeness (QED) is 0.247.